The van der Waals surface area contributed by atoms with E-state index in [1.807, 2.05) is 26.0 Å². The maximum Gasteiger partial charge on any atom is 0.330 e. The molecule has 0 saturated carbocycles. The van der Waals surface area contributed by atoms with Crippen LogP contribution in [0.2, 0.25) is 0 Å². The molecule has 0 aromatic carbocycles. The highest BCUT2D eigenvalue weighted by atomic mass is 16.5. The van der Waals surface area contributed by atoms with E-state index in [0.29, 0.717) is 6.61 Å². The van der Waals surface area contributed by atoms with Crippen LogP contribution in [-0.2, 0) is 9.53 Å². The maximum absolute atomic E-state index is 11.3. The first kappa shape index (κ1) is 24.7. The molecule has 0 aromatic rings. The summed E-state index contributed by atoms with van der Waals surface area (Å²) in [5.74, 6) is -0.272. The second-order valence-electron chi connectivity index (χ2n) is 7.09. The highest BCUT2D eigenvalue weighted by Crippen LogP contribution is 2.13. The number of carbonyl (C=O) groups excluding carboxylic acids is 1. The first-order valence-corrected chi connectivity index (χ1v) is 10.5. The van der Waals surface area contributed by atoms with Crippen molar-refractivity contribution in [3.8, 4) is 0 Å². The van der Waals surface area contributed by atoms with Crippen LogP contribution < -0.4 is 5.73 Å². The van der Waals surface area contributed by atoms with Crippen molar-refractivity contribution in [1.29, 1.82) is 0 Å². The van der Waals surface area contributed by atoms with Gasteiger partial charge in [0.05, 0.1) is 6.61 Å². The number of allylic oxidation sites excluding steroid dienone is 5. The molecule has 0 unspecified atom stereocenters. The zero-order chi connectivity index (χ0) is 19.5. The fraction of sp³-hybridized carbons (Fsp3) is 0.696. The van der Waals surface area contributed by atoms with Crippen LogP contribution in [0.15, 0.2) is 35.5 Å². The Hall–Kier alpha value is -1.35. The Morgan fingerprint density at radius 2 is 1.42 bits per heavy atom. The summed E-state index contributed by atoms with van der Waals surface area (Å²) in [6.07, 6.45) is 22.1. The van der Waals surface area contributed by atoms with Gasteiger partial charge in [-0.15, -0.1) is 0 Å². The van der Waals surface area contributed by atoms with Crippen LogP contribution in [0.1, 0.15) is 91.4 Å². The van der Waals surface area contributed by atoms with Crippen molar-refractivity contribution in [3.63, 3.8) is 0 Å². The van der Waals surface area contributed by atoms with E-state index in [1.54, 1.807) is 0 Å². The van der Waals surface area contributed by atoms with E-state index < -0.39 is 0 Å². The van der Waals surface area contributed by atoms with E-state index >= 15 is 0 Å². The lowest BCUT2D eigenvalue weighted by Crippen LogP contribution is -1.99. The first-order valence-electron chi connectivity index (χ1n) is 10.5. The van der Waals surface area contributed by atoms with Crippen LogP contribution in [0, 0.1) is 0 Å². The molecule has 0 aromatic heterocycles. The largest absolute Gasteiger partial charge is 0.463 e. The molecule has 0 bridgehead atoms. The fourth-order valence-corrected chi connectivity index (χ4v) is 2.83. The summed E-state index contributed by atoms with van der Waals surface area (Å²) in [6, 6.07) is 0. The van der Waals surface area contributed by atoms with Crippen LogP contribution in [0.4, 0.5) is 0 Å². The quantitative estimate of drug-likeness (QED) is 0.153. The van der Waals surface area contributed by atoms with Crippen molar-refractivity contribution in [2.45, 2.75) is 91.4 Å². The molecule has 2 N–H and O–H groups in total. The number of ether oxygens (including phenoxy) is 1. The monoisotopic (exact) mass is 363 g/mol. The predicted octanol–water partition coefficient (Wildman–Crippen LogP) is 6.25. The molecule has 3 heteroatoms. The average Bonchev–Trinajstić information content (AvgIpc) is 2.59. The van der Waals surface area contributed by atoms with E-state index in [2.05, 4.69) is 13.0 Å². The van der Waals surface area contributed by atoms with Crippen molar-refractivity contribution < 1.29 is 9.53 Å². The van der Waals surface area contributed by atoms with Crippen molar-refractivity contribution in [2.75, 3.05) is 13.2 Å². The van der Waals surface area contributed by atoms with Crippen molar-refractivity contribution >= 4 is 5.97 Å². The third kappa shape index (κ3) is 17.5. The molecule has 3 nitrogen and oxygen atoms in total. The Bertz CT molecular complexity index is 435. The fourth-order valence-electron chi connectivity index (χ4n) is 2.83. The van der Waals surface area contributed by atoms with Gasteiger partial charge in [-0.3, -0.25) is 0 Å². The highest BCUT2D eigenvalue weighted by Gasteiger charge is 1.96. The smallest absolute Gasteiger partial charge is 0.330 e. The molecule has 0 rings (SSSR count). The zero-order valence-electron chi connectivity index (χ0n) is 17.4. The summed E-state index contributed by atoms with van der Waals surface area (Å²) in [4.78, 5) is 11.3. The number of hydrogen-bond donors (Lipinski definition) is 1. The SMILES string of the molecule is CCOC(=O)/C=C(C)/C=C/C=C(\C)CCCCCCCCCCCCN. The number of nitrogens with two attached hydrogens (primary N) is 1. The highest BCUT2D eigenvalue weighted by molar-refractivity contribution is 5.83. The van der Waals surface area contributed by atoms with Gasteiger partial charge in [0.2, 0.25) is 0 Å². The molecule has 0 heterocycles. The van der Waals surface area contributed by atoms with E-state index in [9.17, 15) is 4.79 Å². The lowest BCUT2D eigenvalue weighted by molar-refractivity contribution is -0.137. The summed E-state index contributed by atoms with van der Waals surface area (Å²) >= 11 is 0. The summed E-state index contributed by atoms with van der Waals surface area (Å²) in [5, 5.41) is 0. The van der Waals surface area contributed by atoms with Crippen LogP contribution in [0.5, 0.6) is 0 Å². The summed E-state index contributed by atoms with van der Waals surface area (Å²) < 4.78 is 4.89. The number of hydrogen-bond acceptors (Lipinski definition) is 3. The van der Waals surface area contributed by atoms with Gasteiger partial charge in [0.1, 0.15) is 0 Å². The topological polar surface area (TPSA) is 52.3 Å². The molecule has 26 heavy (non-hydrogen) atoms. The van der Waals surface area contributed by atoms with Gasteiger partial charge in [0.25, 0.3) is 0 Å². The van der Waals surface area contributed by atoms with Gasteiger partial charge in [-0.1, -0.05) is 75.2 Å². The van der Waals surface area contributed by atoms with Crippen LogP contribution >= 0.6 is 0 Å². The van der Waals surface area contributed by atoms with Gasteiger partial charge in [-0.2, -0.15) is 0 Å². The van der Waals surface area contributed by atoms with Gasteiger partial charge in [0.15, 0.2) is 0 Å². The van der Waals surface area contributed by atoms with E-state index in [1.165, 1.54) is 75.9 Å². The molecule has 0 atom stereocenters. The molecule has 0 fully saturated rings. The standard InChI is InChI=1S/C23H41NO2/c1-4-26-23(25)20-22(3)18-15-17-21(2)16-13-11-9-7-5-6-8-10-12-14-19-24/h15,17-18,20H,4-14,16,19,24H2,1-3H3/b18-15+,21-17+,22-20+. The third-order valence-electron chi connectivity index (χ3n) is 4.40. The number of unbranched alkanes of at least 4 members (excludes halogenated alkanes) is 9. The second-order valence-corrected chi connectivity index (χ2v) is 7.09. The zero-order valence-corrected chi connectivity index (χ0v) is 17.4. The minimum atomic E-state index is -0.272. The molecular weight excluding hydrogens is 322 g/mol. The maximum atomic E-state index is 11.3. The Labute approximate surface area is 161 Å². The lowest BCUT2D eigenvalue weighted by atomic mass is 10.0. The molecule has 0 aliphatic rings. The van der Waals surface area contributed by atoms with Gasteiger partial charge in [-0.05, 0) is 52.2 Å². The minimum Gasteiger partial charge on any atom is -0.463 e. The molecule has 0 radical (unpaired) electrons. The molecule has 0 aliphatic heterocycles. The lowest BCUT2D eigenvalue weighted by Gasteiger charge is -2.03. The van der Waals surface area contributed by atoms with Crippen molar-refractivity contribution in [3.05, 3.63) is 35.5 Å². The Morgan fingerprint density at radius 3 is 1.96 bits per heavy atom. The summed E-state index contributed by atoms with van der Waals surface area (Å²) in [7, 11) is 0. The predicted molar refractivity (Wildman–Crippen MR) is 113 cm³/mol. The molecule has 0 amide bonds. The third-order valence-corrected chi connectivity index (χ3v) is 4.40. The van der Waals surface area contributed by atoms with Gasteiger partial charge in [-0.25, -0.2) is 4.79 Å². The first-order chi connectivity index (χ1) is 12.6. The van der Waals surface area contributed by atoms with E-state index in [-0.39, 0.29) is 5.97 Å². The molecule has 0 aliphatic carbocycles. The van der Waals surface area contributed by atoms with Gasteiger partial charge >= 0.3 is 5.97 Å². The summed E-state index contributed by atoms with van der Waals surface area (Å²) in [6.45, 7) is 7.16. The van der Waals surface area contributed by atoms with E-state index in [0.717, 1.165) is 18.5 Å². The average molecular weight is 364 g/mol. The van der Waals surface area contributed by atoms with Crippen LogP contribution in [-0.4, -0.2) is 19.1 Å². The molecular formula is C23H41NO2. The minimum absolute atomic E-state index is 0.272. The van der Waals surface area contributed by atoms with Crippen LogP contribution in [0.3, 0.4) is 0 Å². The van der Waals surface area contributed by atoms with Crippen molar-refractivity contribution in [2.24, 2.45) is 5.73 Å². The normalized spacial score (nSPS) is 12.8. The summed E-state index contributed by atoms with van der Waals surface area (Å²) in [5.41, 5.74) is 7.81. The number of carbonyl (C=O) groups is 1. The Morgan fingerprint density at radius 1 is 0.885 bits per heavy atom. The molecule has 0 saturated heterocycles. The van der Waals surface area contributed by atoms with Crippen molar-refractivity contribution in [1.82, 2.24) is 0 Å². The van der Waals surface area contributed by atoms with Gasteiger partial charge in [0, 0.05) is 6.08 Å². The molecule has 0 spiro atoms. The second kappa shape index (κ2) is 18.4. The van der Waals surface area contributed by atoms with E-state index in [4.69, 9.17) is 10.5 Å². The van der Waals surface area contributed by atoms with Crippen LogP contribution in [0.25, 0.3) is 0 Å². The van der Waals surface area contributed by atoms with Gasteiger partial charge < -0.3 is 10.5 Å². The number of rotatable bonds is 16. The molecule has 150 valence electrons. The number of esters is 1. The Kier molecular flexibility index (Phi) is 17.5. The Balaban J connectivity index is 3.66.